The molecule has 0 saturated heterocycles. The van der Waals surface area contributed by atoms with Crippen LogP contribution in [0.3, 0.4) is 0 Å². The van der Waals surface area contributed by atoms with Gasteiger partial charge in [-0.3, -0.25) is 4.79 Å². The van der Waals surface area contributed by atoms with Crippen LogP contribution in [0.15, 0.2) is 30.3 Å². The number of methoxy groups -OCH3 is 1. The van der Waals surface area contributed by atoms with E-state index < -0.39 is 0 Å². The summed E-state index contributed by atoms with van der Waals surface area (Å²) in [4.78, 5) is 12.0. The van der Waals surface area contributed by atoms with Gasteiger partial charge in [0.25, 0.3) is 5.91 Å². The van der Waals surface area contributed by atoms with Crippen molar-refractivity contribution in [1.82, 2.24) is 9.88 Å². The lowest BCUT2D eigenvalue weighted by molar-refractivity contribution is 0.0956. The Morgan fingerprint density at radius 3 is 2.39 bits per heavy atom. The van der Waals surface area contributed by atoms with Crippen LogP contribution in [0.2, 0.25) is 0 Å². The summed E-state index contributed by atoms with van der Waals surface area (Å²) in [5.74, 6) is -0.0928. The Hall–Kier alpha value is -2.84. The lowest BCUT2D eigenvalue weighted by Gasteiger charge is -2.11. The molecule has 5 heteroatoms. The van der Waals surface area contributed by atoms with Crippen molar-refractivity contribution in [2.45, 2.75) is 41.2 Å². The number of nitriles is 1. The van der Waals surface area contributed by atoms with Gasteiger partial charge in [-0.2, -0.15) is 5.26 Å². The zero-order valence-electron chi connectivity index (χ0n) is 17.8. The highest BCUT2D eigenvalue weighted by molar-refractivity contribution is 5.94. The molecular formula is C23H31N3O2. The maximum atomic E-state index is 12.0. The van der Waals surface area contributed by atoms with Crippen LogP contribution in [-0.4, -0.2) is 30.7 Å². The Morgan fingerprint density at radius 1 is 1.25 bits per heavy atom. The lowest BCUT2D eigenvalue weighted by Crippen LogP contribution is -2.22. The fourth-order valence-corrected chi connectivity index (χ4v) is 3.04. The first-order chi connectivity index (χ1) is 13.6. The average Bonchev–Trinajstić information content (AvgIpc) is 3.01. The van der Waals surface area contributed by atoms with E-state index in [1.165, 1.54) is 0 Å². The summed E-state index contributed by atoms with van der Waals surface area (Å²) in [5, 5.41) is 12.5. The maximum absolute atomic E-state index is 12.0. The van der Waals surface area contributed by atoms with E-state index in [-0.39, 0.29) is 5.91 Å². The summed E-state index contributed by atoms with van der Waals surface area (Å²) >= 11 is 0. The first-order valence-electron chi connectivity index (χ1n) is 9.76. The van der Waals surface area contributed by atoms with Crippen molar-refractivity contribution in [3.63, 3.8) is 0 Å². The highest BCUT2D eigenvalue weighted by Crippen LogP contribution is 2.32. The van der Waals surface area contributed by atoms with Gasteiger partial charge >= 0.3 is 0 Å². The molecule has 0 radical (unpaired) electrons. The van der Waals surface area contributed by atoms with Gasteiger partial charge in [0.1, 0.15) is 6.07 Å². The Balaban J connectivity index is 0.00000190. The summed E-state index contributed by atoms with van der Waals surface area (Å²) in [7, 11) is 1.65. The smallest absolute Gasteiger partial charge is 0.251 e. The lowest BCUT2D eigenvalue weighted by atomic mass is 10.0. The van der Waals surface area contributed by atoms with Gasteiger partial charge in [0.15, 0.2) is 0 Å². The third-order valence-electron chi connectivity index (χ3n) is 4.28. The van der Waals surface area contributed by atoms with Crippen molar-refractivity contribution in [1.29, 1.82) is 5.26 Å². The number of nitrogens with one attached hydrogen (secondary N) is 1. The van der Waals surface area contributed by atoms with Crippen LogP contribution in [0.5, 0.6) is 0 Å². The van der Waals surface area contributed by atoms with Gasteiger partial charge in [0.05, 0.1) is 17.9 Å². The Bertz CT molecular complexity index is 840. The Kier molecular flexibility index (Phi) is 9.76. The maximum Gasteiger partial charge on any atom is 0.251 e. The molecule has 5 nitrogen and oxygen atoms in total. The SMILES string of the molecule is CC.CCNC(=O)c1ccc(-c2c(C#N)c(C)c(/C=C\COC)n2CC)cc1. The number of hydrogen-bond donors (Lipinski definition) is 1. The summed E-state index contributed by atoms with van der Waals surface area (Å²) in [6.07, 6.45) is 3.94. The van der Waals surface area contributed by atoms with Crippen LogP contribution in [0.1, 0.15) is 54.9 Å². The highest BCUT2D eigenvalue weighted by Gasteiger charge is 2.19. The molecule has 0 bridgehead atoms. The van der Waals surface area contributed by atoms with Crippen molar-refractivity contribution >= 4 is 12.0 Å². The van der Waals surface area contributed by atoms with Crippen LogP contribution < -0.4 is 5.32 Å². The third kappa shape index (κ3) is 5.11. The average molecular weight is 382 g/mol. The second-order valence-electron chi connectivity index (χ2n) is 5.88. The summed E-state index contributed by atoms with van der Waals surface area (Å²) in [6.45, 7) is 11.8. The first kappa shape index (κ1) is 23.2. The van der Waals surface area contributed by atoms with E-state index in [0.717, 1.165) is 29.1 Å². The molecule has 0 aliphatic heterocycles. The van der Waals surface area contributed by atoms with E-state index in [9.17, 15) is 10.1 Å². The number of benzene rings is 1. The molecule has 0 aliphatic carbocycles. The molecule has 28 heavy (non-hydrogen) atoms. The Labute approximate surface area is 168 Å². The van der Waals surface area contributed by atoms with Crippen LogP contribution in [0.25, 0.3) is 17.3 Å². The molecule has 1 heterocycles. The van der Waals surface area contributed by atoms with Crippen molar-refractivity contribution in [2.24, 2.45) is 0 Å². The molecule has 1 N–H and O–H groups in total. The number of ether oxygens (including phenoxy) is 1. The number of nitrogens with zero attached hydrogens (tertiary/aromatic N) is 2. The molecule has 2 aromatic rings. The van der Waals surface area contributed by atoms with Gasteiger partial charge in [-0.25, -0.2) is 0 Å². The second-order valence-corrected chi connectivity index (χ2v) is 5.88. The largest absolute Gasteiger partial charge is 0.381 e. The van der Waals surface area contributed by atoms with E-state index in [0.29, 0.717) is 24.3 Å². The first-order valence-corrected chi connectivity index (χ1v) is 9.76. The Morgan fingerprint density at radius 2 is 1.89 bits per heavy atom. The number of carbonyl (C=O) groups is 1. The molecule has 0 spiro atoms. The van der Waals surface area contributed by atoms with Gasteiger partial charge < -0.3 is 14.6 Å². The number of carbonyl (C=O) groups excluding carboxylic acids is 1. The summed E-state index contributed by atoms with van der Waals surface area (Å²) < 4.78 is 7.21. The van der Waals surface area contributed by atoms with E-state index in [2.05, 4.69) is 22.9 Å². The molecule has 0 atom stereocenters. The van der Waals surface area contributed by atoms with Crippen molar-refractivity contribution in [2.75, 3.05) is 20.3 Å². The molecule has 1 amide bonds. The predicted octanol–water partition coefficient (Wildman–Crippen LogP) is 4.79. The van der Waals surface area contributed by atoms with Crippen LogP contribution in [0, 0.1) is 18.3 Å². The van der Waals surface area contributed by atoms with Gasteiger partial charge in [-0.1, -0.05) is 32.1 Å². The van der Waals surface area contributed by atoms with Gasteiger partial charge in [-0.05, 0) is 50.1 Å². The fourth-order valence-electron chi connectivity index (χ4n) is 3.04. The van der Waals surface area contributed by atoms with Crippen molar-refractivity contribution in [3.8, 4) is 17.3 Å². The number of rotatable bonds is 7. The normalized spacial score (nSPS) is 10.3. The minimum atomic E-state index is -0.0928. The number of amides is 1. The molecule has 0 aliphatic rings. The topological polar surface area (TPSA) is 67.1 Å². The van der Waals surface area contributed by atoms with E-state index in [1.54, 1.807) is 19.2 Å². The summed E-state index contributed by atoms with van der Waals surface area (Å²) in [6, 6.07) is 9.73. The predicted molar refractivity (Wildman–Crippen MR) is 115 cm³/mol. The van der Waals surface area contributed by atoms with Crippen LogP contribution >= 0.6 is 0 Å². The molecule has 2 rings (SSSR count). The third-order valence-corrected chi connectivity index (χ3v) is 4.28. The summed E-state index contributed by atoms with van der Waals surface area (Å²) in [5.41, 5.74) is 5.03. The highest BCUT2D eigenvalue weighted by atomic mass is 16.5. The standard InChI is InChI=1S/C21H25N3O2.C2H6/c1-5-23-21(25)17-11-9-16(10-12-17)20-18(14-22)15(3)19(24(20)6-2)8-7-13-26-4;1-2/h7-12H,5-6,13H2,1-4H3,(H,23,25);1-2H3/b8-7-;. The molecule has 0 fully saturated rings. The zero-order valence-corrected chi connectivity index (χ0v) is 17.8. The van der Waals surface area contributed by atoms with E-state index in [4.69, 9.17) is 4.74 Å². The van der Waals surface area contributed by atoms with Crippen molar-refractivity contribution < 1.29 is 9.53 Å². The van der Waals surface area contributed by atoms with Gasteiger partial charge in [-0.15, -0.1) is 0 Å². The molecule has 1 aromatic carbocycles. The molecular weight excluding hydrogens is 350 g/mol. The fraction of sp³-hybridized carbons (Fsp3) is 0.391. The monoisotopic (exact) mass is 381 g/mol. The van der Waals surface area contributed by atoms with Crippen molar-refractivity contribution in [3.05, 3.63) is 52.7 Å². The number of aromatic nitrogens is 1. The quantitative estimate of drug-likeness (QED) is 0.750. The van der Waals surface area contributed by atoms with Gasteiger partial charge in [0.2, 0.25) is 0 Å². The van der Waals surface area contributed by atoms with Crippen LogP contribution in [-0.2, 0) is 11.3 Å². The molecule has 0 saturated carbocycles. The molecule has 1 aromatic heterocycles. The minimum absolute atomic E-state index is 0.0928. The zero-order chi connectivity index (χ0) is 21.1. The number of hydrogen-bond acceptors (Lipinski definition) is 3. The molecule has 150 valence electrons. The minimum Gasteiger partial charge on any atom is -0.381 e. The van der Waals surface area contributed by atoms with Crippen LogP contribution in [0.4, 0.5) is 0 Å². The second kappa shape index (κ2) is 11.8. The molecule has 0 unspecified atom stereocenters. The van der Waals surface area contributed by atoms with E-state index >= 15 is 0 Å². The van der Waals surface area contributed by atoms with E-state index in [1.807, 2.05) is 52.0 Å². The van der Waals surface area contributed by atoms with Gasteiger partial charge in [0, 0.05) is 31.5 Å².